The number of aryl methyl sites for hydroxylation is 1. The Hall–Kier alpha value is -3.99. The number of benzene rings is 2. The van der Waals surface area contributed by atoms with E-state index in [1.54, 1.807) is 55.6 Å². The number of para-hydroxylation sites is 1. The van der Waals surface area contributed by atoms with E-state index >= 15 is 0 Å². The number of esters is 1. The van der Waals surface area contributed by atoms with Crippen molar-refractivity contribution >= 4 is 28.5 Å². The second kappa shape index (κ2) is 9.01. The highest BCUT2D eigenvalue weighted by Gasteiger charge is 2.19. The van der Waals surface area contributed by atoms with Gasteiger partial charge in [-0.05, 0) is 43.3 Å². The number of fused-ring (bicyclic) bond motifs is 1. The fourth-order valence-electron chi connectivity index (χ4n) is 2.88. The van der Waals surface area contributed by atoms with Crippen LogP contribution in [0.15, 0.2) is 53.3 Å². The number of carbonyl (C=O) groups excluding carboxylic acids is 2. The van der Waals surface area contributed by atoms with Crippen LogP contribution in [-0.2, 0) is 27.8 Å². The zero-order valence-electron chi connectivity index (χ0n) is 16.6. The minimum Gasteiger partial charge on any atom is -0.453 e. The van der Waals surface area contributed by atoms with E-state index < -0.39 is 18.0 Å². The number of amides is 1. The molecule has 8 nitrogen and oxygen atoms in total. The lowest BCUT2D eigenvalue weighted by Gasteiger charge is -2.14. The molecule has 0 unspecified atom stereocenters. The molecule has 3 rings (SSSR count). The fourth-order valence-corrected chi connectivity index (χ4v) is 2.88. The topological polar surface area (TPSA) is 114 Å². The van der Waals surface area contributed by atoms with Crippen LogP contribution < -0.4 is 10.9 Å². The smallest absolute Gasteiger partial charge is 0.307 e. The van der Waals surface area contributed by atoms with E-state index in [1.807, 2.05) is 6.07 Å². The number of anilines is 1. The molecule has 1 heterocycles. The Labute approximate surface area is 172 Å². The van der Waals surface area contributed by atoms with Crippen LogP contribution in [0.2, 0.25) is 0 Å². The molecule has 1 aromatic heterocycles. The Morgan fingerprint density at radius 3 is 2.60 bits per heavy atom. The third-order valence-corrected chi connectivity index (χ3v) is 4.59. The number of rotatable bonds is 6. The summed E-state index contributed by atoms with van der Waals surface area (Å²) in [5.74, 6) is -0.588. The predicted octanol–water partition coefficient (Wildman–Crippen LogP) is 2.31. The Balaban J connectivity index is 1.58. The summed E-state index contributed by atoms with van der Waals surface area (Å²) in [7, 11) is 1.61. The molecule has 1 atom stereocenters. The summed E-state index contributed by atoms with van der Waals surface area (Å²) in [4.78, 5) is 41.2. The van der Waals surface area contributed by atoms with E-state index in [1.165, 1.54) is 11.5 Å². The Morgan fingerprint density at radius 1 is 1.20 bits per heavy atom. The fraction of sp³-hybridized carbons (Fsp3) is 0.227. The lowest BCUT2D eigenvalue weighted by atomic mass is 10.2. The van der Waals surface area contributed by atoms with Crippen molar-refractivity contribution in [3.05, 3.63) is 70.3 Å². The minimum absolute atomic E-state index is 0.0207. The molecule has 0 radical (unpaired) electrons. The Morgan fingerprint density at radius 2 is 1.90 bits per heavy atom. The van der Waals surface area contributed by atoms with Crippen LogP contribution in [0.25, 0.3) is 10.9 Å². The van der Waals surface area contributed by atoms with Crippen molar-refractivity contribution in [3.63, 3.8) is 0 Å². The average Bonchev–Trinajstić information content (AvgIpc) is 2.75. The number of carbonyl (C=O) groups is 2. The normalized spacial score (nSPS) is 11.5. The first-order valence-corrected chi connectivity index (χ1v) is 9.34. The largest absolute Gasteiger partial charge is 0.453 e. The highest BCUT2D eigenvalue weighted by atomic mass is 16.5. The number of ether oxygens (including phenoxy) is 1. The van der Waals surface area contributed by atoms with Gasteiger partial charge in [0.2, 0.25) is 0 Å². The van der Waals surface area contributed by atoms with Crippen LogP contribution in [0.5, 0.6) is 0 Å². The van der Waals surface area contributed by atoms with Gasteiger partial charge in [-0.3, -0.25) is 19.0 Å². The quantitative estimate of drug-likeness (QED) is 0.631. The summed E-state index contributed by atoms with van der Waals surface area (Å²) < 4.78 is 6.60. The molecule has 0 aliphatic rings. The molecule has 2 aromatic carbocycles. The lowest BCUT2D eigenvalue weighted by Crippen LogP contribution is -2.30. The van der Waals surface area contributed by atoms with Gasteiger partial charge in [-0.1, -0.05) is 12.1 Å². The third-order valence-electron chi connectivity index (χ3n) is 4.59. The van der Waals surface area contributed by atoms with E-state index in [-0.39, 0.29) is 18.4 Å². The molecule has 0 saturated carbocycles. The highest BCUT2D eigenvalue weighted by Crippen LogP contribution is 2.11. The van der Waals surface area contributed by atoms with Crippen molar-refractivity contribution in [2.75, 3.05) is 5.32 Å². The first-order valence-electron chi connectivity index (χ1n) is 9.34. The average molecular weight is 404 g/mol. The van der Waals surface area contributed by atoms with Crippen LogP contribution in [0.1, 0.15) is 24.7 Å². The SMILES string of the molecule is C[C@H](OC(=O)CCc1nc2ccccc2c(=O)n1C)C(=O)Nc1ccc(C#N)cc1. The summed E-state index contributed by atoms with van der Waals surface area (Å²) in [6.07, 6.45) is -0.812. The van der Waals surface area contributed by atoms with Gasteiger partial charge in [-0.2, -0.15) is 5.26 Å². The second-order valence-electron chi connectivity index (χ2n) is 6.72. The van der Waals surface area contributed by atoms with E-state index in [2.05, 4.69) is 10.3 Å². The molecule has 3 aromatic rings. The molecule has 1 N–H and O–H groups in total. The molecule has 0 aliphatic carbocycles. The maximum atomic E-state index is 12.4. The number of hydrogen-bond donors (Lipinski definition) is 1. The molecule has 152 valence electrons. The van der Waals surface area contributed by atoms with E-state index in [0.717, 1.165) is 0 Å². The van der Waals surface area contributed by atoms with Gasteiger partial charge in [-0.25, -0.2) is 4.98 Å². The van der Waals surface area contributed by atoms with Crippen LogP contribution in [0.4, 0.5) is 5.69 Å². The number of aromatic nitrogens is 2. The zero-order valence-corrected chi connectivity index (χ0v) is 16.6. The molecule has 1 amide bonds. The zero-order chi connectivity index (χ0) is 21.7. The molecular formula is C22H20N4O4. The van der Waals surface area contributed by atoms with Gasteiger partial charge in [0.1, 0.15) is 5.82 Å². The van der Waals surface area contributed by atoms with Gasteiger partial charge in [0.25, 0.3) is 11.5 Å². The molecule has 0 spiro atoms. The summed E-state index contributed by atoms with van der Waals surface area (Å²) in [5, 5.41) is 11.9. The molecule has 30 heavy (non-hydrogen) atoms. The summed E-state index contributed by atoms with van der Waals surface area (Å²) >= 11 is 0. The maximum absolute atomic E-state index is 12.4. The lowest BCUT2D eigenvalue weighted by molar-refractivity contribution is -0.153. The van der Waals surface area contributed by atoms with Gasteiger partial charge in [0.05, 0.1) is 29.0 Å². The van der Waals surface area contributed by atoms with Crippen molar-refractivity contribution < 1.29 is 14.3 Å². The van der Waals surface area contributed by atoms with Gasteiger partial charge >= 0.3 is 5.97 Å². The maximum Gasteiger partial charge on any atom is 0.307 e. The van der Waals surface area contributed by atoms with Crippen LogP contribution >= 0.6 is 0 Å². The number of nitrogens with zero attached hydrogens (tertiary/aromatic N) is 3. The summed E-state index contributed by atoms with van der Waals surface area (Å²) in [6, 6.07) is 15.3. The van der Waals surface area contributed by atoms with Crippen molar-refractivity contribution in [3.8, 4) is 6.07 Å². The molecular weight excluding hydrogens is 384 g/mol. The van der Waals surface area contributed by atoms with Crippen molar-refractivity contribution in [1.82, 2.24) is 9.55 Å². The monoisotopic (exact) mass is 404 g/mol. The summed E-state index contributed by atoms with van der Waals surface area (Å²) in [6.45, 7) is 1.47. The Bertz CT molecular complexity index is 1190. The number of hydrogen-bond acceptors (Lipinski definition) is 6. The van der Waals surface area contributed by atoms with Crippen molar-refractivity contribution in [1.29, 1.82) is 5.26 Å². The molecule has 0 fully saturated rings. The van der Waals surface area contributed by atoms with Crippen LogP contribution in [0.3, 0.4) is 0 Å². The highest BCUT2D eigenvalue weighted by molar-refractivity contribution is 5.95. The van der Waals surface area contributed by atoms with Gasteiger partial charge in [-0.15, -0.1) is 0 Å². The van der Waals surface area contributed by atoms with Gasteiger partial charge in [0.15, 0.2) is 6.10 Å². The van der Waals surface area contributed by atoms with Crippen LogP contribution in [-0.4, -0.2) is 27.5 Å². The molecule has 0 saturated heterocycles. The Kier molecular flexibility index (Phi) is 6.23. The standard InChI is InChI=1S/C22H20N4O4/c1-14(21(28)24-16-9-7-15(13-23)8-10-16)30-20(27)12-11-19-25-18-6-4-3-5-17(18)22(29)26(19)2/h3-10,14H,11-12H2,1-2H3,(H,24,28)/t14-/m0/s1. The van der Waals surface area contributed by atoms with Gasteiger partial charge < -0.3 is 10.1 Å². The number of nitriles is 1. The third kappa shape index (κ3) is 4.70. The van der Waals surface area contributed by atoms with Gasteiger partial charge in [0, 0.05) is 19.2 Å². The van der Waals surface area contributed by atoms with Crippen molar-refractivity contribution in [2.45, 2.75) is 25.9 Å². The molecule has 8 heteroatoms. The van der Waals surface area contributed by atoms with E-state index in [9.17, 15) is 14.4 Å². The first-order chi connectivity index (χ1) is 14.4. The molecule has 0 aliphatic heterocycles. The van der Waals surface area contributed by atoms with E-state index in [4.69, 9.17) is 10.00 Å². The minimum atomic E-state index is -0.999. The first kappa shape index (κ1) is 20.7. The van der Waals surface area contributed by atoms with E-state index in [0.29, 0.717) is 28.0 Å². The summed E-state index contributed by atoms with van der Waals surface area (Å²) in [5.41, 5.74) is 1.36. The molecule has 0 bridgehead atoms. The van der Waals surface area contributed by atoms with Crippen molar-refractivity contribution in [2.24, 2.45) is 7.05 Å². The second-order valence-corrected chi connectivity index (χ2v) is 6.72. The predicted molar refractivity (Wildman–Crippen MR) is 111 cm³/mol. The number of nitrogens with one attached hydrogen (secondary N) is 1. The van der Waals surface area contributed by atoms with Crippen LogP contribution in [0, 0.1) is 11.3 Å².